The second kappa shape index (κ2) is 10.4. The van der Waals surface area contributed by atoms with Crippen LogP contribution in [0, 0.1) is 0 Å². The lowest BCUT2D eigenvalue weighted by molar-refractivity contribution is -0.139. The van der Waals surface area contributed by atoms with Crippen molar-refractivity contribution in [3.8, 4) is 17.2 Å². The van der Waals surface area contributed by atoms with Crippen LogP contribution >= 0.6 is 0 Å². The molecule has 1 atom stereocenters. The van der Waals surface area contributed by atoms with Crippen LogP contribution in [0.15, 0.2) is 42.5 Å². The van der Waals surface area contributed by atoms with Gasteiger partial charge in [-0.1, -0.05) is 24.3 Å². The number of carboxylic acid groups (broad SMARTS) is 2. The first-order valence-corrected chi connectivity index (χ1v) is 11.7. The van der Waals surface area contributed by atoms with Crippen LogP contribution in [0.4, 0.5) is 0 Å². The molecule has 12 nitrogen and oxygen atoms in total. The number of Topliss-reactive ketones (excluding diaryl/α,β-unsaturated/α-hetero) is 1. The topological polar surface area (TPSA) is 224 Å². The van der Waals surface area contributed by atoms with Gasteiger partial charge in [0.25, 0.3) is 0 Å². The number of rotatable bonds is 9. The van der Waals surface area contributed by atoms with Gasteiger partial charge in [0.1, 0.15) is 22.8 Å². The third-order valence-electron chi connectivity index (χ3n) is 6.42. The number of aromatic hydroxyl groups is 3. The van der Waals surface area contributed by atoms with Crippen LogP contribution in [0.2, 0.25) is 0 Å². The zero-order valence-electron chi connectivity index (χ0n) is 20.4. The lowest BCUT2D eigenvalue weighted by Gasteiger charge is -2.23. The number of ketones is 4. The number of aliphatic hydroxyl groups is 1. The summed E-state index contributed by atoms with van der Waals surface area (Å²) < 4.78 is 0. The van der Waals surface area contributed by atoms with E-state index in [0.717, 1.165) is 18.2 Å². The molecule has 3 aromatic carbocycles. The number of phenolic OH excluding ortho intramolecular Hbond substituents is 2. The summed E-state index contributed by atoms with van der Waals surface area (Å²) in [6, 6.07) is 7.65. The van der Waals surface area contributed by atoms with Gasteiger partial charge >= 0.3 is 11.9 Å². The number of carboxylic acids is 2. The monoisotopic (exact) mass is 548 g/mol. The van der Waals surface area contributed by atoms with E-state index in [2.05, 4.69) is 0 Å². The average molecular weight is 548 g/mol. The predicted molar refractivity (Wildman–Crippen MR) is 133 cm³/mol. The Bertz CT molecular complexity index is 1650. The van der Waals surface area contributed by atoms with E-state index in [1.807, 2.05) is 0 Å². The molecule has 1 aliphatic carbocycles. The van der Waals surface area contributed by atoms with Crippen molar-refractivity contribution >= 4 is 35.1 Å². The molecule has 0 saturated heterocycles. The second-order valence-corrected chi connectivity index (χ2v) is 8.97. The summed E-state index contributed by atoms with van der Waals surface area (Å²) in [5.41, 5.74) is -5.31. The number of aliphatic carboxylic acids is 1. The molecule has 3 aromatic rings. The maximum atomic E-state index is 13.9. The Balaban J connectivity index is 1.93. The summed E-state index contributed by atoms with van der Waals surface area (Å²) in [7, 11) is 0. The molecule has 0 saturated carbocycles. The Morgan fingerprint density at radius 1 is 0.725 bits per heavy atom. The van der Waals surface area contributed by atoms with Crippen molar-refractivity contribution < 1.29 is 59.4 Å². The number of aromatic carboxylic acids is 1. The molecule has 0 fully saturated rings. The molecule has 6 N–H and O–H groups in total. The van der Waals surface area contributed by atoms with E-state index in [-0.39, 0.29) is 12.0 Å². The molecule has 0 aromatic heterocycles. The molecule has 0 bridgehead atoms. The van der Waals surface area contributed by atoms with E-state index in [0.29, 0.717) is 6.07 Å². The lowest BCUT2D eigenvalue weighted by atomic mass is 9.77. The molecule has 0 spiro atoms. The van der Waals surface area contributed by atoms with Crippen LogP contribution in [0.25, 0.3) is 0 Å². The van der Waals surface area contributed by atoms with Crippen LogP contribution in [-0.4, -0.2) is 71.8 Å². The number of fused-ring (bicyclic) bond motifs is 2. The molecule has 0 amide bonds. The Morgan fingerprint density at radius 3 is 2.02 bits per heavy atom. The van der Waals surface area contributed by atoms with Gasteiger partial charge < -0.3 is 30.6 Å². The minimum atomic E-state index is -1.87. The highest BCUT2D eigenvalue weighted by Gasteiger charge is 2.40. The SMILES string of the molecule is O=C(O)C[C@@H](O)CCC(=O)c1cccc(O)c1C(=O)c1c(C(=O)O)c(O)cc2c1C(=O)c1c(O)cccc1C2=O. The van der Waals surface area contributed by atoms with Crippen LogP contribution in [-0.2, 0) is 4.79 Å². The molecule has 204 valence electrons. The Morgan fingerprint density at radius 2 is 1.38 bits per heavy atom. The summed E-state index contributed by atoms with van der Waals surface area (Å²) in [5.74, 6) is -9.87. The first-order chi connectivity index (χ1) is 18.8. The van der Waals surface area contributed by atoms with Gasteiger partial charge in [-0.15, -0.1) is 0 Å². The summed E-state index contributed by atoms with van der Waals surface area (Å²) >= 11 is 0. The molecular weight excluding hydrogens is 528 g/mol. The fraction of sp³-hybridized carbons (Fsp3) is 0.143. The van der Waals surface area contributed by atoms with Gasteiger partial charge in [0.2, 0.25) is 0 Å². The van der Waals surface area contributed by atoms with Crippen LogP contribution in [0.5, 0.6) is 17.2 Å². The van der Waals surface area contributed by atoms with Gasteiger partial charge in [-0.25, -0.2) is 4.79 Å². The van der Waals surface area contributed by atoms with E-state index in [1.165, 1.54) is 18.2 Å². The van der Waals surface area contributed by atoms with Crippen molar-refractivity contribution in [2.75, 3.05) is 0 Å². The smallest absolute Gasteiger partial charge is 0.340 e. The summed E-state index contributed by atoms with van der Waals surface area (Å²) in [6.45, 7) is 0. The zero-order valence-corrected chi connectivity index (χ0v) is 20.4. The van der Waals surface area contributed by atoms with Crippen LogP contribution in [0.3, 0.4) is 0 Å². The number of carbonyl (C=O) groups excluding carboxylic acids is 4. The Labute approximate surface area is 224 Å². The molecule has 0 radical (unpaired) electrons. The number of hydrogen-bond acceptors (Lipinski definition) is 10. The molecule has 0 heterocycles. The number of benzene rings is 3. The third kappa shape index (κ3) is 4.67. The molecule has 12 heteroatoms. The molecular formula is C28H20O12. The van der Waals surface area contributed by atoms with Crippen molar-refractivity contribution in [1.29, 1.82) is 0 Å². The van der Waals surface area contributed by atoms with E-state index >= 15 is 0 Å². The molecule has 0 aliphatic heterocycles. The first-order valence-electron chi connectivity index (χ1n) is 11.7. The van der Waals surface area contributed by atoms with E-state index in [9.17, 15) is 54.3 Å². The fourth-order valence-corrected chi connectivity index (χ4v) is 4.64. The highest BCUT2D eigenvalue weighted by Crippen LogP contribution is 2.40. The number of carbonyl (C=O) groups is 6. The predicted octanol–water partition coefficient (Wildman–Crippen LogP) is 2.31. The van der Waals surface area contributed by atoms with Gasteiger partial charge in [0.05, 0.1) is 29.2 Å². The van der Waals surface area contributed by atoms with Crippen molar-refractivity contribution in [3.05, 3.63) is 87.0 Å². The summed E-state index contributed by atoms with van der Waals surface area (Å²) in [6.07, 6.45) is -2.84. The van der Waals surface area contributed by atoms with Crippen LogP contribution in [0.1, 0.15) is 87.7 Å². The minimum Gasteiger partial charge on any atom is -0.507 e. The number of hydrogen-bond donors (Lipinski definition) is 6. The minimum absolute atomic E-state index is 0.253. The fourth-order valence-electron chi connectivity index (χ4n) is 4.64. The maximum Gasteiger partial charge on any atom is 0.340 e. The normalized spacial score (nSPS) is 12.8. The van der Waals surface area contributed by atoms with Crippen LogP contribution < -0.4 is 0 Å². The van der Waals surface area contributed by atoms with E-state index in [4.69, 9.17) is 5.11 Å². The van der Waals surface area contributed by atoms with Gasteiger partial charge in [0.15, 0.2) is 23.1 Å². The summed E-state index contributed by atoms with van der Waals surface area (Å²) in [5, 5.41) is 59.9. The van der Waals surface area contributed by atoms with E-state index < -0.39 is 110 Å². The van der Waals surface area contributed by atoms with Crippen molar-refractivity contribution in [3.63, 3.8) is 0 Å². The highest BCUT2D eigenvalue weighted by molar-refractivity contribution is 6.35. The van der Waals surface area contributed by atoms with Gasteiger partial charge in [0, 0.05) is 28.7 Å². The van der Waals surface area contributed by atoms with Gasteiger partial charge in [-0.2, -0.15) is 0 Å². The quantitative estimate of drug-likeness (QED) is 0.166. The van der Waals surface area contributed by atoms with Crippen molar-refractivity contribution in [2.24, 2.45) is 0 Å². The number of aliphatic hydroxyl groups excluding tert-OH is 1. The first kappa shape index (κ1) is 27.7. The molecule has 1 aliphatic rings. The van der Waals surface area contributed by atoms with Crippen molar-refractivity contribution in [1.82, 2.24) is 0 Å². The van der Waals surface area contributed by atoms with Gasteiger partial charge in [-0.05, 0) is 24.6 Å². The molecule has 40 heavy (non-hydrogen) atoms. The largest absolute Gasteiger partial charge is 0.507 e. The Kier molecular flexibility index (Phi) is 7.21. The summed E-state index contributed by atoms with van der Waals surface area (Å²) in [4.78, 5) is 76.7. The van der Waals surface area contributed by atoms with Gasteiger partial charge in [-0.3, -0.25) is 24.0 Å². The maximum absolute atomic E-state index is 13.9. The molecule has 4 rings (SSSR count). The number of phenols is 3. The Hall–Kier alpha value is -5.36. The van der Waals surface area contributed by atoms with Crippen molar-refractivity contribution in [2.45, 2.75) is 25.4 Å². The molecule has 0 unspecified atom stereocenters. The highest BCUT2D eigenvalue weighted by atomic mass is 16.4. The second-order valence-electron chi connectivity index (χ2n) is 8.97. The zero-order chi connectivity index (χ0) is 29.5. The van der Waals surface area contributed by atoms with E-state index in [1.54, 1.807) is 0 Å². The lowest BCUT2D eigenvalue weighted by Crippen LogP contribution is -2.27. The third-order valence-corrected chi connectivity index (χ3v) is 6.42. The standard InChI is InChI=1S/C28H20O12/c29-11(9-19(34)35)7-8-15(30)12-3-1-5-16(31)20(12)27(38)24-22-14(10-18(33)23(24)28(39)40)25(36)13-4-2-6-17(32)21(13)26(22)37/h1-6,10-11,29,31-33H,7-9H2,(H,34,35)(H,39,40)/t11-/m0/s1. The average Bonchev–Trinajstić information content (AvgIpc) is 2.88.